The normalized spacial score (nSPS) is 10.9. The molecular weight excluding hydrogens is 172 g/mol. The highest BCUT2D eigenvalue weighted by Crippen LogP contribution is 2.06. The molecule has 0 saturated heterocycles. The van der Waals surface area contributed by atoms with Crippen molar-refractivity contribution in [1.82, 2.24) is 0 Å². The van der Waals surface area contributed by atoms with E-state index in [4.69, 9.17) is 0 Å². The second-order valence-electron chi connectivity index (χ2n) is 3.78. The van der Waals surface area contributed by atoms with Gasteiger partial charge in [0.15, 0.2) is 0 Å². The molecule has 0 aliphatic heterocycles. The molecule has 0 N–H and O–H groups in total. The third-order valence-electron chi connectivity index (χ3n) is 3.13. The molecule has 0 amide bonds. The highest BCUT2D eigenvalue weighted by Gasteiger charge is 2.21. The van der Waals surface area contributed by atoms with Crippen LogP contribution in [0.3, 0.4) is 0 Å². The Bertz CT molecular complexity index is 455. The second-order valence-corrected chi connectivity index (χ2v) is 3.78. The van der Waals surface area contributed by atoms with Crippen molar-refractivity contribution >= 4 is 11.0 Å². The maximum absolute atomic E-state index is 2.24. The van der Waals surface area contributed by atoms with Gasteiger partial charge in [-0.1, -0.05) is 12.1 Å². The summed E-state index contributed by atoms with van der Waals surface area (Å²) in [6, 6.07) is 8.47. The Morgan fingerprint density at radius 1 is 0.786 bits per heavy atom. The summed E-state index contributed by atoms with van der Waals surface area (Å²) in [5.74, 6) is 0. The lowest BCUT2D eigenvalue weighted by Crippen LogP contribution is -2.45. The SMILES string of the molecule is Cc1c(C)[n+](C)c2ccccc2[n+]1C. The van der Waals surface area contributed by atoms with Gasteiger partial charge in [0.25, 0.3) is 11.0 Å². The van der Waals surface area contributed by atoms with E-state index >= 15 is 0 Å². The van der Waals surface area contributed by atoms with Crippen LogP contribution in [0, 0.1) is 13.8 Å². The zero-order valence-electron chi connectivity index (χ0n) is 9.20. The standard InChI is InChI=1S/C12H16N2/c1-9-10(2)14(4)12-8-6-5-7-11(12)13(9)3/h5-8H,1-4H3/q+2. The van der Waals surface area contributed by atoms with E-state index in [1.165, 1.54) is 22.4 Å². The maximum atomic E-state index is 2.24. The molecule has 0 aliphatic rings. The lowest BCUT2D eigenvalue weighted by molar-refractivity contribution is -0.702. The topological polar surface area (TPSA) is 7.76 Å². The Morgan fingerprint density at radius 2 is 1.14 bits per heavy atom. The van der Waals surface area contributed by atoms with E-state index in [-0.39, 0.29) is 0 Å². The van der Waals surface area contributed by atoms with Gasteiger partial charge in [0, 0.05) is 26.0 Å². The van der Waals surface area contributed by atoms with Crippen LogP contribution in [-0.4, -0.2) is 0 Å². The average molecular weight is 188 g/mol. The van der Waals surface area contributed by atoms with Crippen molar-refractivity contribution in [2.45, 2.75) is 13.8 Å². The summed E-state index contributed by atoms with van der Waals surface area (Å²) in [7, 11) is 4.23. The summed E-state index contributed by atoms with van der Waals surface area (Å²) in [4.78, 5) is 0. The van der Waals surface area contributed by atoms with Crippen LogP contribution < -0.4 is 9.13 Å². The first-order valence-corrected chi connectivity index (χ1v) is 4.87. The molecule has 2 aromatic rings. The number of hydrogen-bond donors (Lipinski definition) is 0. The van der Waals surface area contributed by atoms with Gasteiger partial charge in [-0.05, 0) is 0 Å². The molecule has 0 aliphatic carbocycles. The second kappa shape index (κ2) is 3.05. The number of hydrogen-bond acceptors (Lipinski definition) is 0. The van der Waals surface area contributed by atoms with Gasteiger partial charge in [-0.15, -0.1) is 0 Å². The lowest BCUT2D eigenvalue weighted by Gasteiger charge is -2.01. The van der Waals surface area contributed by atoms with E-state index in [0.29, 0.717) is 0 Å². The number of rotatable bonds is 0. The minimum absolute atomic E-state index is 1.28. The molecule has 1 aromatic carbocycles. The fourth-order valence-corrected chi connectivity index (χ4v) is 1.88. The molecule has 1 heterocycles. The first-order chi connectivity index (χ1) is 6.63. The highest BCUT2D eigenvalue weighted by molar-refractivity contribution is 5.67. The molecule has 0 unspecified atom stereocenters. The molecule has 0 spiro atoms. The quantitative estimate of drug-likeness (QED) is 0.547. The van der Waals surface area contributed by atoms with E-state index in [0.717, 1.165) is 0 Å². The third kappa shape index (κ3) is 1.10. The number of aryl methyl sites for hydroxylation is 2. The van der Waals surface area contributed by atoms with E-state index < -0.39 is 0 Å². The fourth-order valence-electron chi connectivity index (χ4n) is 1.88. The van der Waals surface area contributed by atoms with Crippen LogP contribution in [0.15, 0.2) is 24.3 Å². The summed E-state index contributed by atoms with van der Waals surface area (Å²) in [6.07, 6.45) is 0. The monoisotopic (exact) mass is 188 g/mol. The molecule has 2 heteroatoms. The first kappa shape index (κ1) is 9.13. The maximum Gasteiger partial charge on any atom is 0.277 e. The molecule has 0 radical (unpaired) electrons. The Balaban J connectivity index is 3.02. The number of nitrogens with zero attached hydrogens (tertiary/aromatic N) is 2. The van der Waals surface area contributed by atoms with Gasteiger partial charge < -0.3 is 0 Å². The summed E-state index contributed by atoms with van der Waals surface area (Å²) >= 11 is 0. The van der Waals surface area contributed by atoms with Crippen LogP contribution in [0.5, 0.6) is 0 Å². The minimum Gasteiger partial charge on any atom is -0.188 e. The van der Waals surface area contributed by atoms with Crippen molar-refractivity contribution in [2.75, 3.05) is 0 Å². The molecule has 0 fully saturated rings. The molecule has 72 valence electrons. The zero-order chi connectivity index (χ0) is 10.3. The largest absolute Gasteiger partial charge is 0.277 e. The molecule has 0 atom stereocenters. The number of benzene rings is 1. The van der Waals surface area contributed by atoms with Crippen LogP contribution in [-0.2, 0) is 14.1 Å². The Kier molecular flexibility index (Phi) is 1.99. The predicted molar refractivity (Wildman–Crippen MR) is 55.8 cm³/mol. The summed E-state index contributed by atoms with van der Waals surface area (Å²) in [5, 5.41) is 0. The molecule has 2 nitrogen and oxygen atoms in total. The fraction of sp³-hybridized carbons (Fsp3) is 0.333. The van der Waals surface area contributed by atoms with Crippen LogP contribution >= 0.6 is 0 Å². The van der Waals surface area contributed by atoms with Crippen molar-refractivity contribution in [1.29, 1.82) is 0 Å². The van der Waals surface area contributed by atoms with E-state index in [2.05, 4.69) is 61.3 Å². The zero-order valence-corrected chi connectivity index (χ0v) is 9.20. The number of aromatic nitrogens is 2. The van der Waals surface area contributed by atoms with Crippen molar-refractivity contribution < 1.29 is 9.13 Å². The van der Waals surface area contributed by atoms with Gasteiger partial charge in [0.05, 0.1) is 0 Å². The first-order valence-electron chi connectivity index (χ1n) is 4.87. The van der Waals surface area contributed by atoms with E-state index in [9.17, 15) is 0 Å². The molecule has 0 bridgehead atoms. The summed E-state index contributed by atoms with van der Waals surface area (Å²) < 4.78 is 4.48. The average Bonchev–Trinajstić information content (AvgIpc) is 2.23. The number of fused-ring (bicyclic) bond motifs is 1. The molecule has 1 aromatic heterocycles. The Hall–Kier alpha value is -1.44. The van der Waals surface area contributed by atoms with E-state index in [1.54, 1.807) is 0 Å². The number of para-hydroxylation sites is 2. The smallest absolute Gasteiger partial charge is 0.188 e. The third-order valence-corrected chi connectivity index (χ3v) is 3.13. The van der Waals surface area contributed by atoms with Gasteiger partial charge in [0.1, 0.15) is 14.1 Å². The Labute approximate surface area is 84.4 Å². The Morgan fingerprint density at radius 3 is 1.50 bits per heavy atom. The van der Waals surface area contributed by atoms with Crippen LogP contribution in [0.1, 0.15) is 11.4 Å². The van der Waals surface area contributed by atoms with Gasteiger partial charge in [0.2, 0.25) is 11.4 Å². The lowest BCUT2D eigenvalue weighted by atomic mass is 10.2. The molecule has 2 rings (SSSR count). The van der Waals surface area contributed by atoms with Gasteiger partial charge >= 0.3 is 0 Å². The van der Waals surface area contributed by atoms with Gasteiger partial charge in [-0.25, -0.2) is 0 Å². The van der Waals surface area contributed by atoms with Crippen LogP contribution in [0.4, 0.5) is 0 Å². The van der Waals surface area contributed by atoms with Crippen molar-refractivity contribution in [3.8, 4) is 0 Å². The minimum atomic E-state index is 1.28. The summed E-state index contributed by atoms with van der Waals surface area (Å²) in [6.45, 7) is 4.31. The molecular formula is C12H16N2+2. The summed E-state index contributed by atoms with van der Waals surface area (Å²) in [5.41, 5.74) is 5.17. The van der Waals surface area contributed by atoms with Crippen molar-refractivity contribution in [3.63, 3.8) is 0 Å². The van der Waals surface area contributed by atoms with Gasteiger partial charge in [-0.3, -0.25) is 0 Å². The van der Waals surface area contributed by atoms with E-state index in [1.807, 2.05) is 0 Å². The predicted octanol–water partition coefficient (Wildman–Crippen LogP) is 1.11. The molecule has 0 saturated carbocycles. The molecule has 14 heavy (non-hydrogen) atoms. The van der Waals surface area contributed by atoms with Crippen molar-refractivity contribution in [3.05, 3.63) is 35.7 Å². The highest BCUT2D eigenvalue weighted by atomic mass is 15.0. The van der Waals surface area contributed by atoms with Crippen molar-refractivity contribution in [2.24, 2.45) is 14.1 Å². The van der Waals surface area contributed by atoms with Crippen LogP contribution in [0.2, 0.25) is 0 Å². The van der Waals surface area contributed by atoms with Crippen LogP contribution in [0.25, 0.3) is 11.0 Å². The van der Waals surface area contributed by atoms with Gasteiger partial charge in [-0.2, -0.15) is 9.13 Å².